The van der Waals surface area contributed by atoms with Gasteiger partial charge in [0.05, 0.1) is 23.4 Å². The molecule has 2 fully saturated rings. The van der Waals surface area contributed by atoms with Crippen molar-refractivity contribution in [2.75, 3.05) is 4.90 Å². The van der Waals surface area contributed by atoms with Crippen molar-refractivity contribution in [1.82, 2.24) is 0 Å². The number of hydrogen-bond acceptors (Lipinski definition) is 3. The maximum Gasteiger partial charge on any atom is 0.238 e. The van der Waals surface area contributed by atoms with Crippen molar-refractivity contribution in [2.45, 2.75) is 25.2 Å². The largest absolute Gasteiger partial charge is 0.299 e. The van der Waals surface area contributed by atoms with Crippen LogP contribution in [0.5, 0.6) is 0 Å². The third-order valence-electron chi connectivity index (χ3n) is 6.05. The molecule has 6 rings (SSSR count). The first kappa shape index (κ1) is 14.6. The molecule has 4 atom stereocenters. The first-order valence-electron chi connectivity index (χ1n) is 8.64. The van der Waals surface area contributed by atoms with Gasteiger partial charge in [-0.2, -0.15) is 0 Å². The maximum atomic E-state index is 13.2. The Bertz CT molecular complexity index is 948. The summed E-state index contributed by atoms with van der Waals surface area (Å²) in [5.41, 5.74) is 3.54. The van der Waals surface area contributed by atoms with Crippen molar-refractivity contribution in [1.29, 1.82) is 0 Å². The number of anilines is 1. The number of para-hydroxylation sites is 1. The van der Waals surface area contributed by atoms with Gasteiger partial charge < -0.3 is 0 Å². The van der Waals surface area contributed by atoms with Crippen LogP contribution in [0.3, 0.4) is 0 Å². The van der Waals surface area contributed by atoms with E-state index in [2.05, 4.69) is 0 Å². The van der Waals surface area contributed by atoms with Crippen LogP contribution in [0.15, 0.2) is 48.5 Å². The van der Waals surface area contributed by atoms with Crippen LogP contribution in [0.2, 0.25) is 0 Å². The highest BCUT2D eigenvalue weighted by molar-refractivity contribution is 6.25. The normalized spacial score (nSPS) is 29.8. The molecule has 4 aliphatic rings. The van der Waals surface area contributed by atoms with E-state index in [9.17, 15) is 14.4 Å². The second-order valence-corrected chi connectivity index (χ2v) is 7.23. The summed E-state index contributed by atoms with van der Waals surface area (Å²) in [6, 6.07) is 15.2. The standard InChI is InChI=1S/C21H17NO3/c1-11-6-2-5-9-15(11)22-20(24)18-14-10-16(23)17(19(18)21(22)25)13-8-4-3-7-12(13)14/h2-9,14,17-19H,10H2,1H3/t14-,17+,18-,19-/m0/s1. The number of fused-ring (bicyclic) bond motifs is 1. The van der Waals surface area contributed by atoms with Gasteiger partial charge in [-0.1, -0.05) is 42.5 Å². The number of aryl methyl sites for hydroxylation is 1. The zero-order valence-electron chi connectivity index (χ0n) is 13.8. The molecule has 2 aromatic carbocycles. The number of amides is 2. The zero-order chi connectivity index (χ0) is 17.3. The molecule has 1 heterocycles. The molecular formula is C21H17NO3. The van der Waals surface area contributed by atoms with E-state index in [-0.39, 0.29) is 23.5 Å². The van der Waals surface area contributed by atoms with Gasteiger partial charge in [-0.25, -0.2) is 4.90 Å². The number of carbonyl (C=O) groups is 3. The van der Waals surface area contributed by atoms with Crippen LogP contribution >= 0.6 is 0 Å². The molecule has 2 bridgehead atoms. The molecule has 1 saturated carbocycles. The molecule has 1 saturated heterocycles. The summed E-state index contributed by atoms with van der Waals surface area (Å²) >= 11 is 0. The number of nitrogens with zero attached hydrogens (tertiary/aromatic N) is 1. The smallest absolute Gasteiger partial charge is 0.238 e. The second-order valence-electron chi connectivity index (χ2n) is 7.23. The summed E-state index contributed by atoms with van der Waals surface area (Å²) in [6.07, 6.45) is 0.365. The summed E-state index contributed by atoms with van der Waals surface area (Å²) in [5.74, 6) is -1.89. The minimum Gasteiger partial charge on any atom is -0.299 e. The zero-order valence-corrected chi connectivity index (χ0v) is 13.8. The lowest BCUT2D eigenvalue weighted by Crippen LogP contribution is -2.44. The highest BCUT2D eigenvalue weighted by atomic mass is 16.2. The second kappa shape index (κ2) is 4.88. The molecule has 0 unspecified atom stereocenters. The van der Waals surface area contributed by atoms with Gasteiger partial charge in [-0.15, -0.1) is 0 Å². The van der Waals surface area contributed by atoms with Crippen molar-refractivity contribution in [3.63, 3.8) is 0 Å². The Morgan fingerprint density at radius 1 is 0.840 bits per heavy atom. The van der Waals surface area contributed by atoms with E-state index in [1.165, 1.54) is 4.90 Å². The van der Waals surface area contributed by atoms with Gasteiger partial charge in [0.1, 0.15) is 5.78 Å². The van der Waals surface area contributed by atoms with E-state index in [1.807, 2.05) is 49.4 Å². The lowest BCUT2D eigenvalue weighted by Gasteiger charge is -2.43. The van der Waals surface area contributed by atoms with Gasteiger partial charge in [-0.05, 0) is 29.7 Å². The Morgan fingerprint density at radius 2 is 1.48 bits per heavy atom. The van der Waals surface area contributed by atoms with Gasteiger partial charge >= 0.3 is 0 Å². The number of carbonyl (C=O) groups excluding carboxylic acids is 3. The van der Waals surface area contributed by atoms with Gasteiger partial charge in [-0.3, -0.25) is 14.4 Å². The monoisotopic (exact) mass is 331 g/mol. The summed E-state index contributed by atoms with van der Waals surface area (Å²) in [4.78, 5) is 40.4. The van der Waals surface area contributed by atoms with Crippen molar-refractivity contribution in [3.8, 4) is 0 Å². The number of ketones is 1. The first-order valence-corrected chi connectivity index (χ1v) is 8.64. The first-order chi connectivity index (χ1) is 12.1. The van der Waals surface area contributed by atoms with E-state index in [1.54, 1.807) is 6.07 Å². The third-order valence-corrected chi connectivity index (χ3v) is 6.05. The molecule has 0 aromatic heterocycles. The van der Waals surface area contributed by atoms with E-state index in [4.69, 9.17) is 0 Å². The molecule has 25 heavy (non-hydrogen) atoms. The molecule has 0 radical (unpaired) electrons. The van der Waals surface area contributed by atoms with Crippen molar-refractivity contribution >= 4 is 23.3 Å². The minimum absolute atomic E-state index is 0.0951. The summed E-state index contributed by atoms with van der Waals surface area (Å²) in [6.45, 7) is 1.90. The van der Waals surface area contributed by atoms with Crippen LogP contribution in [0.1, 0.15) is 34.9 Å². The SMILES string of the molecule is Cc1ccccc1N1C(=O)[C@@H]2[C@@H](C1=O)[C@H]1C(=O)C[C@H]2c2ccccc21. The summed E-state index contributed by atoms with van der Waals surface area (Å²) < 4.78 is 0. The summed E-state index contributed by atoms with van der Waals surface area (Å²) in [7, 11) is 0. The third kappa shape index (κ3) is 1.74. The minimum atomic E-state index is -0.548. The number of imide groups is 1. The van der Waals surface area contributed by atoms with Gasteiger partial charge in [0.25, 0.3) is 0 Å². The molecule has 4 heteroatoms. The van der Waals surface area contributed by atoms with E-state index >= 15 is 0 Å². The van der Waals surface area contributed by atoms with Gasteiger partial charge in [0.2, 0.25) is 11.8 Å². The van der Waals surface area contributed by atoms with Crippen molar-refractivity contribution < 1.29 is 14.4 Å². The Morgan fingerprint density at radius 3 is 2.24 bits per heavy atom. The van der Waals surface area contributed by atoms with Gasteiger partial charge in [0.15, 0.2) is 0 Å². The van der Waals surface area contributed by atoms with E-state index in [0.717, 1.165) is 16.7 Å². The Labute approximate surface area is 145 Å². The molecule has 4 nitrogen and oxygen atoms in total. The van der Waals surface area contributed by atoms with Gasteiger partial charge in [0, 0.05) is 12.3 Å². The Hall–Kier alpha value is -2.75. The fourth-order valence-electron chi connectivity index (χ4n) is 5.01. The van der Waals surface area contributed by atoms with Crippen LogP contribution in [0.4, 0.5) is 5.69 Å². The molecule has 2 aromatic rings. The molecule has 3 aliphatic carbocycles. The lowest BCUT2D eigenvalue weighted by atomic mass is 9.56. The molecule has 124 valence electrons. The number of benzene rings is 2. The topological polar surface area (TPSA) is 54.5 Å². The predicted molar refractivity (Wildman–Crippen MR) is 92.2 cm³/mol. The van der Waals surface area contributed by atoms with Crippen LogP contribution in [0, 0.1) is 18.8 Å². The Balaban J connectivity index is 1.68. The number of hydrogen-bond donors (Lipinski definition) is 0. The fraction of sp³-hybridized carbons (Fsp3) is 0.286. The van der Waals surface area contributed by atoms with Crippen molar-refractivity contribution in [2.24, 2.45) is 11.8 Å². The average molecular weight is 331 g/mol. The lowest BCUT2D eigenvalue weighted by molar-refractivity contribution is -0.134. The number of rotatable bonds is 1. The average Bonchev–Trinajstić information content (AvgIpc) is 2.88. The van der Waals surface area contributed by atoms with Crippen molar-refractivity contribution in [3.05, 3.63) is 65.2 Å². The van der Waals surface area contributed by atoms with Crippen LogP contribution < -0.4 is 4.90 Å². The highest BCUT2D eigenvalue weighted by Crippen LogP contribution is 2.57. The molecular weight excluding hydrogens is 314 g/mol. The Kier molecular flexibility index (Phi) is 2.85. The van der Waals surface area contributed by atoms with Crippen LogP contribution in [-0.2, 0) is 14.4 Å². The maximum absolute atomic E-state index is 13.2. The highest BCUT2D eigenvalue weighted by Gasteiger charge is 2.62. The predicted octanol–water partition coefficient (Wildman–Crippen LogP) is 2.95. The van der Waals surface area contributed by atoms with E-state index < -0.39 is 17.8 Å². The molecule has 2 amide bonds. The summed E-state index contributed by atoms with van der Waals surface area (Å²) in [5, 5.41) is 0. The molecule has 0 spiro atoms. The number of Topliss-reactive ketones (excluding diaryl/α,β-unsaturated/α-hetero) is 1. The van der Waals surface area contributed by atoms with Crippen LogP contribution in [-0.4, -0.2) is 17.6 Å². The molecule has 1 aliphatic heterocycles. The fourth-order valence-corrected chi connectivity index (χ4v) is 5.01. The molecule has 0 N–H and O–H groups in total. The quantitative estimate of drug-likeness (QED) is 0.755. The van der Waals surface area contributed by atoms with E-state index in [0.29, 0.717) is 12.1 Å². The van der Waals surface area contributed by atoms with Crippen LogP contribution in [0.25, 0.3) is 0 Å².